The Kier molecular flexibility index (Phi) is 4.26. The summed E-state index contributed by atoms with van der Waals surface area (Å²) < 4.78 is 5.69. The molecule has 1 N–H and O–H groups in total. The molecule has 0 amide bonds. The van der Waals surface area contributed by atoms with Crippen LogP contribution in [0.2, 0.25) is 0 Å². The first-order valence-electron chi connectivity index (χ1n) is 7.80. The zero-order valence-electron chi connectivity index (χ0n) is 12.8. The lowest BCUT2D eigenvalue weighted by Crippen LogP contribution is -2.15. The minimum absolute atomic E-state index is 0.215. The number of ether oxygens (including phenoxy) is 1. The second-order valence-corrected chi connectivity index (χ2v) is 6.05. The maximum Gasteiger partial charge on any atom is 0.119 e. The molecule has 0 bridgehead atoms. The van der Waals surface area contributed by atoms with E-state index in [0.29, 0.717) is 0 Å². The van der Waals surface area contributed by atoms with Crippen molar-refractivity contribution in [3.8, 4) is 16.9 Å². The summed E-state index contributed by atoms with van der Waals surface area (Å²) >= 11 is 0. The standard InChI is InChI=1S/C19H23NO/c1-14(2)21-19-10-6-16(7-11-19)17-5-3-4-15(12-17)13-20-18-8-9-18/h3-7,10-12,14,18,20H,8-9,13H2,1-2H3. The average Bonchev–Trinajstić information content (AvgIpc) is 3.30. The largest absolute Gasteiger partial charge is 0.491 e. The molecule has 0 spiro atoms. The molecule has 0 atom stereocenters. The van der Waals surface area contributed by atoms with Crippen molar-refractivity contribution >= 4 is 0 Å². The molecule has 2 heteroatoms. The normalized spacial score (nSPS) is 14.4. The monoisotopic (exact) mass is 281 g/mol. The molecule has 0 aromatic heterocycles. The summed E-state index contributed by atoms with van der Waals surface area (Å²) in [6, 6.07) is 17.9. The highest BCUT2D eigenvalue weighted by atomic mass is 16.5. The Morgan fingerprint density at radius 1 is 1.05 bits per heavy atom. The van der Waals surface area contributed by atoms with E-state index in [4.69, 9.17) is 4.74 Å². The smallest absolute Gasteiger partial charge is 0.119 e. The zero-order valence-corrected chi connectivity index (χ0v) is 12.8. The Bertz CT molecular complexity index is 585. The lowest BCUT2D eigenvalue weighted by atomic mass is 10.0. The Labute approximate surface area is 127 Å². The topological polar surface area (TPSA) is 21.3 Å². The summed E-state index contributed by atoms with van der Waals surface area (Å²) in [5, 5.41) is 3.56. The fourth-order valence-electron chi connectivity index (χ4n) is 2.41. The van der Waals surface area contributed by atoms with E-state index in [0.717, 1.165) is 18.3 Å². The summed E-state index contributed by atoms with van der Waals surface area (Å²) in [5.41, 5.74) is 3.85. The number of nitrogens with one attached hydrogen (secondary N) is 1. The second-order valence-electron chi connectivity index (χ2n) is 6.05. The van der Waals surface area contributed by atoms with E-state index in [1.54, 1.807) is 0 Å². The van der Waals surface area contributed by atoms with Gasteiger partial charge in [-0.2, -0.15) is 0 Å². The van der Waals surface area contributed by atoms with Crippen LogP contribution in [0.4, 0.5) is 0 Å². The predicted molar refractivity (Wildman–Crippen MR) is 87.5 cm³/mol. The minimum atomic E-state index is 0.215. The summed E-state index contributed by atoms with van der Waals surface area (Å²) in [4.78, 5) is 0. The molecule has 110 valence electrons. The van der Waals surface area contributed by atoms with Gasteiger partial charge in [0.15, 0.2) is 0 Å². The van der Waals surface area contributed by atoms with E-state index in [1.807, 2.05) is 26.0 Å². The molecule has 1 aliphatic carbocycles. The number of hydrogen-bond acceptors (Lipinski definition) is 2. The van der Waals surface area contributed by atoms with E-state index in [1.165, 1.54) is 29.5 Å². The van der Waals surface area contributed by atoms with Crippen LogP contribution in [0.5, 0.6) is 5.75 Å². The third kappa shape index (κ3) is 4.08. The van der Waals surface area contributed by atoms with Gasteiger partial charge in [-0.15, -0.1) is 0 Å². The predicted octanol–water partition coefficient (Wildman–Crippen LogP) is 4.39. The van der Waals surface area contributed by atoms with Crippen molar-refractivity contribution in [1.82, 2.24) is 5.32 Å². The van der Waals surface area contributed by atoms with Crippen LogP contribution in [0.25, 0.3) is 11.1 Å². The van der Waals surface area contributed by atoms with Gasteiger partial charge in [-0.3, -0.25) is 0 Å². The molecule has 0 radical (unpaired) electrons. The molecule has 1 saturated carbocycles. The van der Waals surface area contributed by atoms with Crippen LogP contribution in [-0.4, -0.2) is 12.1 Å². The van der Waals surface area contributed by atoms with Crippen molar-refractivity contribution in [3.05, 3.63) is 54.1 Å². The molecular formula is C19H23NO. The maximum absolute atomic E-state index is 5.69. The highest BCUT2D eigenvalue weighted by Gasteiger charge is 2.19. The first-order chi connectivity index (χ1) is 10.2. The Morgan fingerprint density at radius 3 is 2.48 bits per heavy atom. The summed E-state index contributed by atoms with van der Waals surface area (Å²) in [6.07, 6.45) is 2.88. The van der Waals surface area contributed by atoms with E-state index in [2.05, 4.69) is 41.7 Å². The first kappa shape index (κ1) is 14.2. The van der Waals surface area contributed by atoms with Crippen molar-refractivity contribution in [2.45, 2.75) is 45.4 Å². The van der Waals surface area contributed by atoms with E-state index >= 15 is 0 Å². The van der Waals surface area contributed by atoms with Gasteiger partial charge in [0.1, 0.15) is 5.75 Å². The van der Waals surface area contributed by atoms with Gasteiger partial charge in [-0.05, 0) is 61.6 Å². The van der Waals surface area contributed by atoms with Crippen LogP contribution < -0.4 is 10.1 Å². The first-order valence-corrected chi connectivity index (χ1v) is 7.80. The summed E-state index contributed by atoms with van der Waals surface area (Å²) in [5.74, 6) is 0.931. The Morgan fingerprint density at radius 2 is 1.81 bits per heavy atom. The number of hydrogen-bond donors (Lipinski definition) is 1. The molecule has 21 heavy (non-hydrogen) atoms. The molecule has 1 fully saturated rings. The minimum Gasteiger partial charge on any atom is -0.491 e. The molecule has 2 aromatic carbocycles. The van der Waals surface area contributed by atoms with Gasteiger partial charge in [-0.1, -0.05) is 30.3 Å². The van der Waals surface area contributed by atoms with Gasteiger partial charge < -0.3 is 10.1 Å². The van der Waals surface area contributed by atoms with Gasteiger partial charge in [0.05, 0.1) is 6.10 Å². The lowest BCUT2D eigenvalue weighted by molar-refractivity contribution is 0.242. The van der Waals surface area contributed by atoms with E-state index in [-0.39, 0.29) is 6.10 Å². The molecule has 3 rings (SSSR count). The zero-order chi connectivity index (χ0) is 14.7. The average molecular weight is 281 g/mol. The van der Waals surface area contributed by atoms with E-state index < -0.39 is 0 Å². The van der Waals surface area contributed by atoms with Gasteiger partial charge >= 0.3 is 0 Å². The molecule has 0 heterocycles. The van der Waals surface area contributed by atoms with Crippen LogP contribution in [0.15, 0.2) is 48.5 Å². The van der Waals surface area contributed by atoms with Crippen molar-refractivity contribution in [1.29, 1.82) is 0 Å². The fourth-order valence-corrected chi connectivity index (χ4v) is 2.41. The van der Waals surface area contributed by atoms with Gasteiger partial charge in [0.25, 0.3) is 0 Å². The van der Waals surface area contributed by atoms with Crippen LogP contribution >= 0.6 is 0 Å². The molecule has 2 aromatic rings. The second kappa shape index (κ2) is 6.31. The van der Waals surface area contributed by atoms with Crippen LogP contribution in [0.3, 0.4) is 0 Å². The van der Waals surface area contributed by atoms with Crippen molar-refractivity contribution < 1.29 is 4.74 Å². The molecular weight excluding hydrogens is 258 g/mol. The SMILES string of the molecule is CC(C)Oc1ccc(-c2cccc(CNC3CC3)c2)cc1. The Hall–Kier alpha value is -1.80. The van der Waals surface area contributed by atoms with Crippen molar-refractivity contribution in [2.75, 3.05) is 0 Å². The summed E-state index contributed by atoms with van der Waals surface area (Å²) in [7, 11) is 0. The van der Waals surface area contributed by atoms with Crippen LogP contribution in [0, 0.1) is 0 Å². The van der Waals surface area contributed by atoms with Crippen molar-refractivity contribution in [3.63, 3.8) is 0 Å². The lowest BCUT2D eigenvalue weighted by Gasteiger charge is -2.11. The third-order valence-electron chi connectivity index (χ3n) is 3.66. The van der Waals surface area contributed by atoms with Crippen LogP contribution in [-0.2, 0) is 6.54 Å². The quantitative estimate of drug-likeness (QED) is 0.847. The summed E-state index contributed by atoms with van der Waals surface area (Å²) in [6.45, 7) is 5.06. The van der Waals surface area contributed by atoms with Gasteiger partial charge in [0, 0.05) is 12.6 Å². The van der Waals surface area contributed by atoms with Gasteiger partial charge in [0.2, 0.25) is 0 Å². The van der Waals surface area contributed by atoms with Gasteiger partial charge in [-0.25, -0.2) is 0 Å². The molecule has 1 aliphatic rings. The Balaban J connectivity index is 1.71. The third-order valence-corrected chi connectivity index (χ3v) is 3.66. The number of rotatable bonds is 6. The van der Waals surface area contributed by atoms with Crippen molar-refractivity contribution in [2.24, 2.45) is 0 Å². The van der Waals surface area contributed by atoms with E-state index in [9.17, 15) is 0 Å². The highest BCUT2D eigenvalue weighted by molar-refractivity contribution is 5.64. The molecule has 0 saturated heterocycles. The molecule has 0 unspecified atom stereocenters. The fraction of sp³-hybridized carbons (Fsp3) is 0.368. The highest BCUT2D eigenvalue weighted by Crippen LogP contribution is 2.24. The number of benzene rings is 2. The maximum atomic E-state index is 5.69. The molecule has 0 aliphatic heterocycles. The van der Waals surface area contributed by atoms with Crippen LogP contribution in [0.1, 0.15) is 32.3 Å². The molecule has 2 nitrogen and oxygen atoms in total.